The molecule has 4 N–H and O–H groups in total. The first-order valence-corrected chi connectivity index (χ1v) is 5.79. The van der Waals surface area contributed by atoms with Crippen molar-refractivity contribution >= 4 is 5.91 Å². The van der Waals surface area contributed by atoms with E-state index in [9.17, 15) is 4.79 Å². The van der Waals surface area contributed by atoms with Gasteiger partial charge in [-0.25, -0.2) is 0 Å². The summed E-state index contributed by atoms with van der Waals surface area (Å²) in [6, 6.07) is 0.147. The van der Waals surface area contributed by atoms with Gasteiger partial charge in [-0.2, -0.15) is 0 Å². The zero-order valence-electron chi connectivity index (χ0n) is 10.4. The van der Waals surface area contributed by atoms with Crippen molar-refractivity contribution in [1.29, 1.82) is 0 Å². The van der Waals surface area contributed by atoms with Crippen LogP contribution in [0.5, 0.6) is 0 Å². The van der Waals surface area contributed by atoms with Gasteiger partial charge in [0.25, 0.3) is 0 Å². The van der Waals surface area contributed by atoms with E-state index in [1.165, 1.54) is 0 Å². The lowest BCUT2D eigenvalue weighted by molar-refractivity contribution is -0.121. The van der Waals surface area contributed by atoms with E-state index in [1.807, 2.05) is 20.8 Å². The monoisotopic (exact) mass is 232 g/mol. The molecule has 0 fully saturated rings. The fraction of sp³-hybridized carbons (Fsp3) is 0.909. The van der Waals surface area contributed by atoms with Crippen molar-refractivity contribution in [1.82, 2.24) is 10.6 Å². The third-order valence-corrected chi connectivity index (χ3v) is 2.93. The highest BCUT2D eigenvalue weighted by atomic mass is 16.3. The second kappa shape index (κ2) is 7.60. The minimum Gasteiger partial charge on any atom is -0.394 e. The van der Waals surface area contributed by atoms with Gasteiger partial charge in [0, 0.05) is 6.04 Å². The molecule has 5 heteroatoms. The summed E-state index contributed by atoms with van der Waals surface area (Å²) in [5, 5.41) is 24.0. The van der Waals surface area contributed by atoms with Gasteiger partial charge in [0.1, 0.15) is 0 Å². The molecule has 0 aliphatic carbocycles. The van der Waals surface area contributed by atoms with Crippen molar-refractivity contribution in [2.75, 3.05) is 19.8 Å². The Morgan fingerprint density at radius 3 is 2.25 bits per heavy atom. The molecule has 0 bridgehead atoms. The third kappa shape index (κ3) is 4.92. The number of nitrogens with one attached hydrogen (secondary N) is 2. The Hall–Kier alpha value is -0.650. The van der Waals surface area contributed by atoms with Gasteiger partial charge in [-0.3, -0.25) is 10.1 Å². The lowest BCUT2D eigenvalue weighted by Crippen LogP contribution is -2.54. The summed E-state index contributed by atoms with van der Waals surface area (Å²) in [7, 11) is 0. The molecule has 0 radical (unpaired) electrons. The van der Waals surface area contributed by atoms with Crippen LogP contribution in [0.25, 0.3) is 0 Å². The van der Waals surface area contributed by atoms with Gasteiger partial charge in [-0.1, -0.05) is 13.8 Å². The second-order valence-corrected chi connectivity index (χ2v) is 4.18. The van der Waals surface area contributed by atoms with E-state index in [0.717, 1.165) is 6.42 Å². The van der Waals surface area contributed by atoms with Crippen LogP contribution in [0.1, 0.15) is 33.6 Å². The molecule has 1 atom stereocenters. The molecule has 0 spiro atoms. The minimum atomic E-state index is -0.757. The molecular formula is C11H24N2O3. The van der Waals surface area contributed by atoms with E-state index in [0.29, 0.717) is 6.42 Å². The van der Waals surface area contributed by atoms with Crippen LogP contribution in [0.15, 0.2) is 0 Å². The Morgan fingerprint density at radius 1 is 1.31 bits per heavy atom. The molecule has 1 unspecified atom stereocenters. The van der Waals surface area contributed by atoms with E-state index in [2.05, 4.69) is 10.6 Å². The summed E-state index contributed by atoms with van der Waals surface area (Å²) in [6.07, 6.45) is 1.45. The molecule has 0 aliphatic heterocycles. The topological polar surface area (TPSA) is 81.6 Å². The van der Waals surface area contributed by atoms with Crippen LogP contribution in [0.2, 0.25) is 0 Å². The normalized spacial score (nSPS) is 13.6. The highest BCUT2D eigenvalue weighted by Gasteiger charge is 2.26. The number of rotatable bonds is 8. The summed E-state index contributed by atoms with van der Waals surface area (Å²) in [6.45, 7) is 5.53. The number of carbonyl (C=O) groups excluding carboxylic acids is 1. The SMILES string of the molecule is CCC(C)NC(=O)CNC(CC)(CO)CO. The lowest BCUT2D eigenvalue weighted by atomic mass is 9.98. The van der Waals surface area contributed by atoms with Crippen molar-refractivity contribution < 1.29 is 15.0 Å². The van der Waals surface area contributed by atoms with Gasteiger partial charge in [-0.15, -0.1) is 0 Å². The first kappa shape index (κ1) is 15.3. The number of carbonyl (C=O) groups is 1. The molecule has 0 aromatic heterocycles. The fourth-order valence-corrected chi connectivity index (χ4v) is 1.21. The van der Waals surface area contributed by atoms with Crippen LogP contribution in [-0.2, 0) is 4.79 Å². The van der Waals surface area contributed by atoms with Crippen LogP contribution in [-0.4, -0.2) is 47.5 Å². The number of hydrogen-bond donors (Lipinski definition) is 4. The first-order chi connectivity index (χ1) is 7.53. The Labute approximate surface area is 97.2 Å². The van der Waals surface area contributed by atoms with Crippen LogP contribution >= 0.6 is 0 Å². The second-order valence-electron chi connectivity index (χ2n) is 4.18. The largest absolute Gasteiger partial charge is 0.394 e. The minimum absolute atomic E-state index is 0.110. The third-order valence-electron chi connectivity index (χ3n) is 2.93. The zero-order chi connectivity index (χ0) is 12.6. The van der Waals surface area contributed by atoms with Gasteiger partial charge >= 0.3 is 0 Å². The molecule has 1 amide bonds. The van der Waals surface area contributed by atoms with Crippen molar-refractivity contribution in [2.24, 2.45) is 0 Å². The van der Waals surface area contributed by atoms with E-state index in [-0.39, 0.29) is 31.7 Å². The number of hydrogen-bond acceptors (Lipinski definition) is 4. The highest BCUT2D eigenvalue weighted by Crippen LogP contribution is 2.07. The molecule has 0 heterocycles. The van der Waals surface area contributed by atoms with Gasteiger partial charge in [0.2, 0.25) is 5.91 Å². The molecule has 0 rings (SSSR count). The summed E-state index contributed by atoms with van der Waals surface area (Å²) < 4.78 is 0. The molecule has 0 aromatic carbocycles. The maximum atomic E-state index is 11.5. The van der Waals surface area contributed by atoms with Crippen LogP contribution in [0, 0.1) is 0 Å². The lowest BCUT2D eigenvalue weighted by Gasteiger charge is -2.29. The predicted octanol–water partition coefficient (Wildman–Crippen LogP) is -0.376. The zero-order valence-corrected chi connectivity index (χ0v) is 10.4. The van der Waals surface area contributed by atoms with Crippen LogP contribution in [0.3, 0.4) is 0 Å². The Bertz CT molecular complexity index is 197. The fourth-order valence-electron chi connectivity index (χ4n) is 1.21. The van der Waals surface area contributed by atoms with E-state index in [1.54, 1.807) is 0 Å². The maximum absolute atomic E-state index is 11.5. The van der Waals surface area contributed by atoms with Crippen LogP contribution < -0.4 is 10.6 Å². The van der Waals surface area contributed by atoms with Crippen molar-refractivity contribution in [3.05, 3.63) is 0 Å². The van der Waals surface area contributed by atoms with Gasteiger partial charge in [-0.05, 0) is 19.8 Å². The summed E-state index contributed by atoms with van der Waals surface area (Å²) in [5.41, 5.74) is -0.757. The predicted molar refractivity (Wildman–Crippen MR) is 63.1 cm³/mol. The standard InChI is InChI=1S/C11H24N2O3/c1-4-9(3)13-10(16)6-12-11(5-2,7-14)8-15/h9,12,14-15H,4-8H2,1-3H3,(H,13,16). The Kier molecular flexibility index (Phi) is 7.29. The van der Waals surface area contributed by atoms with Gasteiger partial charge < -0.3 is 15.5 Å². The molecule has 0 saturated heterocycles. The van der Waals surface area contributed by atoms with Crippen molar-refractivity contribution in [3.63, 3.8) is 0 Å². The maximum Gasteiger partial charge on any atom is 0.234 e. The van der Waals surface area contributed by atoms with Crippen molar-refractivity contribution in [2.45, 2.75) is 45.2 Å². The molecule has 0 saturated carbocycles. The Morgan fingerprint density at radius 2 is 1.88 bits per heavy atom. The number of amides is 1. The smallest absolute Gasteiger partial charge is 0.234 e. The Balaban J connectivity index is 4.06. The van der Waals surface area contributed by atoms with Crippen LogP contribution in [0.4, 0.5) is 0 Å². The van der Waals surface area contributed by atoms with E-state index >= 15 is 0 Å². The quantitative estimate of drug-likeness (QED) is 0.460. The highest BCUT2D eigenvalue weighted by molar-refractivity contribution is 5.78. The van der Waals surface area contributed by atoms with Gasteiger partial charge in [0.05, 0.1) is 25.3 Å². The number of aliphatic hydroxyl groups is 2. The molecule has 96 valence electrons. The molecule has 0 aromatic rings. The van der Waals surface area contributed by atoms with Gasteiger partial charge in [0.15, 0.2) is 0 Å². The molecule has 16 heavy (non-hydrogen) atoms. The molecule has 0 aliphatic rings. The van der Waals surface area contributed by atoms with E-state index in [4.69, 9.17) is 10.2 Å². The molecular weight excluding hydrogens is 208 g/mol. The first-order valence-electron chi connectivity index (χ1n) is 5.79. The van der Waals surface area contributed by atoms with Crippen molar-refractivity contribution in [3.8, 4) is 0 Å². The van der Waals surface area contributed by atoms with E-state index < -0.39 is 5.54 Å². The number of aliphatic hydroxyl groups excluding tert-OH is 2. The summed E-state index contributed by atoms with van der Waals surface area (Å²) >= 11 is 0. The average molecular weight is 232 g/mol. The average Bonchev–Trinajstić information content (AvgIpc) is 2.31. The summed E-state index contributed by atoms with van der Waals surface area (Å²) in [4.78, 5) is 11.5. The molecule has 5 nitrogen and oxygen atoms in total. The summed E-state index contributed by atoms with van der Waals surface area (Å²) in [5.74, 6) is -0.117.